The predicted octanol–water partition coefficient (Wildman–Crippen LogP) is 1.62. The van der Waals surface area contributed by atoms with Crippen LogP contribution in [0.15, 0.2) is 30.6 Å². The quantitative estimate of drug-likeness (QED) is 0.894. The zero-order chi connectivity index (χ0) is 19.0. The molecule has 0 radical (unpaired) electrons. The third-order valence-electron chi connectivity index (χ3n) is 5.51. The normalized spacial score (nSPS) is 19.0. The summed E-state index contributed by atoms with van der Waals surface area (Å²) in [4.78, 5) is 37.5. The molecule has 0 saturated carbocycles. The Bertz CT molecular complexity index is 890. The summed E-state index contributed by atoms with van der Waals surface area (Å²) >= 11 is 0. The lowest BCUT2D eigenvalue weighted by atomic mass is 10.0. The van der Waals surface area contributed by atoms with Crippen LogP contribution in [0.1, 0.15) is 39.6 Å². The molecule has 4 rings (SSSR count). The number of hydrogen-bond donors (Lipinski definition) is 1. The number of fused-ring (bicyclic) bond motifs is 1. The summed E-state index contributed by atoms with van der Waals surface area (Å²) in [6, 6.07) is 7.24. The molecule has 0 aliphatic carbocycles. The van der Waals surface area contributed by atoms with Gasteiger partial charge in [-0.15, -0.1) is 0 Å². The second-order valence-electron chi connectivity index (χ2n) is 7.09. The van der Waals surface area contributed by atoms with Crippen LogP contribution in [0.3, 0.4) is 0 Å². The van der Waals surface area contributed by atoms with E-state index < -0.39 is 0 Å². The number of aromatic nitrogens is 2. The van der Waals surface area contributed by atoms with Gasteiger partial charge < -0.3 is 15.1 Å². The summed E-state index contributed by atoms with van der Waals surface area (Å²) < 4.78 is 0. The summed E-state index contributed by atoms with van der Waals surface area (Å²) in [5, 5.41) is 2.92. The number of carbonyl (C=O) groups excluding carboxylic acids is 2. The van der Waals surface area contributed by atoms with Crippen LogP contribution in [0.2, 0.25) is 0 Å². The van der Waals surface area contributed by atoms with Gasteiger partial charge >= 0.3 is 0 Å². The molecule has 7 nitrogen and oxygen atoms in total. The maximum absolute atomic E-state index is 12.8. The zero-order valence-corrected chi connectivity index (χ0v) is 15.6. The zero-order valence-electron chi connectivity index (χ0n) is 15.6. The topological polar surface area (TPSA) is 78.4 Å². The van der Waals surface area contributed by atoms with Crippen molar-refractivity contribution in [3.8, 4) is 0 Å². The molecular formula is C20H23N5O2. The summed E-state index contributed by atoms with van der Waals surface area (Å²) in [7, 11) is 0. The SMILES string of the molecule is Cc1ncnc(N2CCN(C(=O)C[C@H]3NC(=O)c4ccccc43)CC2)c1C. The minimum atomic E-state index is -0.231. The Balaban J connectivity index is 1.38. The minimum Gasteiger partial charge on any atom is -0.353 e. The van der Waals surface area contributed by atoms with Gasteiger partial charge in [-0.1, -0.05) is 18.2 Å². The molecular weight excluding hydrogens is 342 g/mol. The second-order valence-corrected chi connectivity index (χ2v) is 7.09. The number of benzene rings is 1. The highest BCUT2D eigenvalue weighted by atomic mass is 16.2. The van der Waals surface area contributed by atoms with Gasteiger partial charge in [0, 0.05) is 43.0 Å². The molecule has 1 atom stereocenters. The van der Waals surface area contributed by atoms with Crippen molar-refractivity contribution in [2.45, 2.75) is 26.3 Å². The van der Waals surface area contributed by atoms with Gasteiger partial charge in [0.05, 0.1) is 12.5 Å². The molecule has 3 heterocycles. The Labute approximate surface area is 158 Å². The van der Waals surface area contributed by atoms with E-state index in [0.29, 0.717) is 25.1 Å². The highest BCUT2D eigenvalue weighted by Gasteiger charge is 2.32. The third kappa shape index (κ3) is 3.25. The van der Waals surface area contributed by atoms with Crippen LogP contribution in [0.4, 0.5) is 5.82 Å². The molecule has 7 heteroatoms. The van der Waals surface area contributed by atoms with Crippen LogP contribution in [0.5, 0.6) is 0 Å². The standard InChI is InChI=1S/C20H23N5O2/c1-13-14(2)21-12-22-19(13)25-9-7-24(8-10-25)18(26)11-17-15-5-3-4-6-16(15)20(27)23-17/h3-6,12,17H,7-11H2,1-2H3,(H,23,27)/t17-/m1/s1. The fraction of sp³-hybridized carbons (Fsp3) is 0.400. The van der Waals surface area contributed by atoms with Crippen LogP contribution in [-0.2, 0) is 4.79 Å². The Morgan fingerprint density at radius 1 is 1.15 bits per heavy atom. The largest absolute Gasteiger partial charge is 0.353 e. The molecule has 140 valence electrons. The van der Waals surface area contributed by atoms with E-state index in [-0.39, 0.29) is 17.9 Å². The van der Waals surface area contributed by atoms with Gasteiger partial charge in [-0.2, -0.15) is 0 Å². The maximum atomic E-state index is 12.8. The number of aryl methyl sites for hydroxylation is 1. The number of nitrogens with zero attached hydrogens (tertiary/aromatic N) is 4. The molecule has 2 aromatic rings. The van der Waals surface area contributed by atoms with Crippen LogP contribution >= 0.6 is 0 Å². The second kappa shape index (κ2) is 6.98. The smallest absolute Gasteiger partial charge is 0.252 e. The summed E-state index contributed by atoms with van der Waals surface area (Å²) in [5.41, 5.74) is 3.66. The average Bonchev–Trinajstić information content (AvgIpc) is 3.00. The molecule has 1 aromatic heterocycles. The number of hydrogen-bond acceptors (Lipinski definition) is 5. The lowest BCUT2D eigenvalue weighted by Crippen LogP contribution is -2.49. The summed E-state index contributed by atoms with van der Waals surface area (Å²) in [5.74, 6) is 0.932. The first-order valence-electron chi connectivity index (χ1n) is 9.25. The Kier molecular flexibility index (Phi) is 4.51. The van der Waals surface area contributed by atoms with E-state index in [0.717, 1.165) is 35.7 Å². The fourth-order valence-corrected chi connectivity index (χ4v) is 3.80. The number of amides is 2. The van der Waals surface area contributed by atoms with Crippen molar-refractivity contribution in [2.24, 2.45) is 0 Å². The van der Waals surface area contributed by atoms with Crippen molar-refractivity contribution in [1.82, 2.24) is 20.2 Å². The number of nitrogens with one attached hydrogen (secondary N) is 1. The van der Waals surface area contributed by atoms with E-state index in [1.54, 1.807) is 12.4 Å². The van der Waals surface area contributed by atoms with Gasteiger partial charge in [0.25, 0.3) is 5.91 Å². The van der Waals surface area contributed by atoms with Gasteiger partial charge in [-0.3, -0.25) is 9.59 Å². The van der Waals surface area contributed by atoms with E-state index in [1.807, 2.05) is 36.9 Å². The number of piperazine rings is 1. The highest BCUT2D eigenvalue weighted by molar-refractivity contribution is 5.99. The Morgan fingerprint density at radius 2 is 1.89 bits per heavy atom. The summed E-state index contributed by atoms with van der Waals surface area (Å²) in [6.45, 7) is 6.82. The molecule has 2 amide bonds. The monoisotopic (exact) mass is 365 g/mol. The van der Waals surface area contributed by atoms with Gasteiger partial charge in [0.1, 0.15) is 12.1 Å². The third-order valence-corrected chi connectivity index (χ3v) is 5.51. The molecule has 1 N–H and O–H groups in total. The molecule has 0 bridgehead atoms. The first-order chi connectivity index (χ1) is 13.0. The van der Waals surface area contributed by atoms with Crippen molar-refractivity contribution in [3.05, 3.63) is 53.0 Å². The predicted molar refractivity (Wildman–Crippen MR) is 102 cm³/mol. The van der Waals surface area contributed by atoms with E-state index in [4.69, 9.17) is 0 Å². The van der Waals surface area contributed by atoms with Gasteiger partial charge in [-0.25, -0.2) is 9.97 Å². The molecule has 2 aliphatic rings. The highest BCUT2D eigenvalue weighted by Crippen LogP contribution is 2.28. The molecule has 0 spiro atoms. The van der Waals surface area contributed by atoms with Crippen molar-refractivity contribution < 1.29 is 9.59 Å². The van der Waals surface area contributed by atoms with E-state index >= 15 is 0 Å². The number of anilines is 1. The maximum Gasteiger partial charge on any atom is 0.252 e. The lowest BCUT2D eigenvalue weighted by molar-refractivity contribution is -0.132. The first kappa shape index (κ1) is 17.5. The first-order valence-corrected chi connectivity index (χ1v) is 9.25. The van der Waals surface area contributed by atoms with E-state index in [1.165, 1.54) is 0 Å². The van der Waals surface area contributed by atoms with Crippen LogP contribution in [0, 0.1) is 13.8 Å². The fourth-order valence-electron chi connectivity index (χ4n) is 3.80. The van der Waals surface area contributed by atoms with E-state index in [2.05, 4.69) is 20.2 Å². The molecule has 1 fully saturated rings. The van der Waals surface area contributed by atoms with Crippen LogP contribution in [-0.4, -0.2) is 52.9 Å². The number of carbonyl (C=O) groups is 2. The summed E-state index contributed by atoms with van der Waals surface area (Å²) in [6.07, 6.45) is 1.89. The average molecular weight is 365 g/mol. The molecule has 1 saturated heterocycles. The van der Waals surface area contributed by atoms with Gasteiger partial charge in [0.2, 0.25) is 5.91 Å². The van der Waals surface area contributed by atoms with E-state index in [9.17, 15) is 9.59 Å². The van der Waals surface area contributed by atoms with Crippen LogP contribution < -0.4 is 10.2 Å². The van der Waals surface area contributed by atoms with Crippen molar-refractivity contribution in [3.63, 3.8) is 0 Å². The molecule has 1 aromatic carbocycles. The van der Waals surface area contributed by atoms with Crippen LogP contribution in [0.25, 0.3) is 0 Å². The van der Waals surface area contributed by atoms with Gasteiger partial charge in [0.15, 0.2) is 0 Å². The van der Waals surface area contributed by atoms with Crippen molar-refractivity contribution in [2.75, 3.05) is 31.1 Å². The Hall–Kier alpha value is -2.96. The minimum absolute atomic E-state index is 0.0762. The van der Waals surface area contributed by atoms with Crippen molar-refractivity contribution in [1.29, 1.82) is 0 Å². The Morgan fingerprint density at radius 3 is 2.67 bits per heavy atom. The number of rotatable bonds is 3. The molecule has 2 aliphatic heterocycles. The molecule has 0 unspecified atom stereocenters. The van der Waals surface area contributed by atoms with Crippen molar-refractivity contribution >= 4 is 17.6 Å². The van der Waals surface area contributed by atoms with Gasteiger partial charge in [-0.05, 0) is 25.5 Å². The molecule has 27 heavy (non-hydrogen) atoms. The lowest BCUT2D eigenvalue weighted by Gasteiger charge is -2.36.